The molecule has 1 aromatic carbocycles. The Labute approximate surface area is 137 Å². The van der Waals surface area contributed by atoms with Gasteiger partial charge in [-0.05, 0) is 44.9 Å². The number of Topliss-reactive ketones (excluding diaryl/α,β-unsaturated/α-hetero) is 1. The van der Waals surface area contributed by atoms with Crippen LogP contribution in [0.25, 0.3) is 0 Å². The van der Waals surface area contributed by atoms with Crippen LogP contribution in [0, 0.1) is 0 Å². The summed E-state index contributed by atoms with van der Waals surface area (Å²) in [5.41, 5.74) is 1.39. The molecule has 1 heterocycles. The van der Waals surface area contributed by atoms with Crippen molar-refractivity contribution in [2.24, 2.45) is 0 Å². The van der Waals surface area contributed by atoms with Gasteiger partial charge in [0.05, 0.1) is 18.3 Å². The number of ether oxygens (including phenoxy) is 2. The summed E-state index contributed by atoms with van der Waals surface area (Å²) in [6, 6.07) is 5.36. The van der Waals surface area contributed by atoms with Crippen LogP contribution in [0.3, 0.4) is 0 Å². The summed E-state index contributed by atoms with van der Waals surface area (Å²) in [5, 5.41) is 0. The van der Waals surface area contributed by atoms with Gasteiger partial charge in [0.15, 0.2) is 5.78 Å². The molecule has 1 aliphatic rings. The van der Waals surface area contributed by atoms with E-state index in [1.54, 1.807) is 18.2 Å². The number of rotatable bonds is 6. The van der Waals surface area contributed by atoms with Crippen molar-refractivity contribution in [2.75, 3.05) is 18.0 Å². The molecule has 0 saturated heterocycles. The highest BCUT2D eigenvalue weighted by atomic mass is 16.5. The number of anilines is 1. The number of hydrogen-bond donors (Lipinski definition) is 0. The third-order valence-electron chi connectivity index (χ3n) is 4.11. The quantitative estimate of drug-likeness (QED) is 0.595. The fourth-order valence-electron chi connectivity index (χ4n) is 2.51. The molecule has 126 valence electrons. The highest BCUT2D eigenvalue weighted by Gasteiger charge is 2.27. The molecule has 0 radical (unpaired) electrons. The lowest BCUT2D eigenvalue weighted by Crippen LogP contribution is -2.43. The number of ketones is 1. The molecular weight excluding hydrogens is 294 g/mol. The Bertz CT molecular complexity index is 584. The second-order valence-electron chi connectivity index (χ2n) is 5.98. The Balaban J connectivity index is 2.23. The Morgan fingerprint density at radius 3 is 2.74 bits per heavy atom. The van der Waals surface area contributed by atoms with E-state index in [4.69, 9.17) is 9.47 Å². The molecule has 2 rings (SSSR count). The minimum Gasteiger partial charge on any atom is -0.486 e. The number of benzene rings is 1. The zero-order chi connectivity index (χ0) is 17.0. The van der Waals surface area contributed by atoms with Crippen molar-refractivity contribution >= 4 is 17.4 Å². The molecule has 5 nitrogen and oxygen atoms in total. The average molecular weight is 319 g/mol. The second kappa shape index (κ2) is 7.49. The predicted octanol–water partition coefficient (Wildman–Crippen LogP) is 3.21. The molecule has 5 heteroatoms. The number of carbonyl (C=O) groups is 2. The van der Waals surface area contributed by atoms with E-state index in [9.17, 15) is 9.59 Å². The topological polar surface area (TPSA) is 55.8 Å². The molecule has 23 heavy (non-hydrogen) atoms. The zero-order valence-electron chi connectivity index (χ0n) is 14.3. The Kier molecular flexibility index (Phi) is 5.64. The summed E-state index contributed by atoms with van der Waals surface area (Å²) in [5.74, 6) is 0.451. The van der Waals surface area contributed by atoms with E-state index in [1.807, 2.05) is 18.7 Å². The van der Waals surface area contributed by atoms with Crippen molar-refractivity contribution in [3.05, 3.63) is 23.8 Å². The van der Waals surface area contributed by atoms with Gasteiger partial charge in [0.25, 0.3) is 0 Å². The predicted molar refractivity (Wildman–Crippen MR) is 89.2 cm³/mol. The number of hydrogen-bond acceptors (Lipinski definition) is 5. The van der Waals surface area contributed by atoms with Gasteiger partial charge in [0, 0.05) is 5.56 Å². The second-order valence-corrected chi connectivity index (χ2v) is 5.98. The molecule has 1 aliphatic heterocycles. The number of esters is 1. The SMILES string of the molecule is CCC(C)OC(=O)CN1CC(CC)Oc2ccc(C(C)=O)cc21. The van der Waals surface area contributed by atoms with E-state index < -0.39 is 0 Å². The van der Waals surface area contributed by atoms with Crippen molar-refractivity contribution in [1.29, 1.82) is 0 Å². The molecule has 0 fully saturated rings. The molecule has 0 N–H and O–H groups in total. The van der Waals surface area contributed by atoms with Crippen molar-refractivity contribution in [2.45, 2.75) is 52.7 Å². The van der Waals surface area contributed by atoms with E-state index >= 15 is 0 Å². The van der Waals surface area contributed by atoms with Gasteiger partial charge in [-0.1, -0.05) is 13.8 Å². The molecule has 0 spiro atoms. The van der Waals surface area contributed by atoms with Gasteiger partial charge in [0.1, 0.15) is 18.4 Å². The van der Waals surface area contributed by atoms with E-state index in [-0.39, 0.29) is 30.5 Å². The van der Waals surface area contributed by atoms with E-state index in [2.05, 4.69) is 6.92 Å². The molecular formula is C18H25NO4. The Morgan fingerprint density at radius 1 is 1.39 bits per heavy atom. The van der Waals surface area contributed by atoms with Gasteiger partial charge >= 0.3 is 5.97 Å². The van der Waals surface area contributed by atoms with E-state index in [0.29, 0.717) is 17.9 Å². The van der Waals surface area contributed by atoms with Gasteiger partial charge in [-0.25, -0.2) is 0 Å². The highest BCUT2D eigenvalue weighted by molar-refractivity contribution is 5.95. The summed E-state index contributed by atoms with van der Waals surface area (Å²) in [6.07, 6.45) is 1.58. The molecule has 2 atom stereocenters. The first-order valence-electron chi connectivity index (χ1n) is 8.20. The number of nitrogens with zero attached hydrogens (tertiary/aromatic N) is 1. The maximum Gasteiger partial charge on any atom is 0.325 e. The van der Waals surface area contributed by atoms with Crippen molar-refractivity contribution in [3.63, 3.8) is 0 Å². The van der Waals surface area contributed by atoms with Crippen LogP contribution in [0.5, 0.6) is 5.75 Å². The Hall–Kier alpha value is -2.04. The summed E-state index contributed by atoms with van der Waals surface area (Å²) < 4.78 is 11.3. The zero-order valence-corrected chi connectivity index (χ0v) is 14.3. The first-order chi connectivity index (χ1) is 10.9. The molecule has 0 aromatic heterocycles. The van der Waals surface area contributed by atoms with Crippen LogP contribution in [0.4, 0.5) is 5.69 Å². The summed E-state index contributed by atoms with van der Waals surface area (Å²) in [6.45, 7) is 8.22. The van der Waals surface area contributed by atoms with Gasteiger partial charge in [-0.2, -0.15) is 0 Å². The minimum atomic E-state index is -0.254. The number of fused-ring (bicyclic) bond motifs is 1. The first kappa shape index (κ1) is 17.3. The lowest BCUT2D eigenvalue weighted by molar-refractivity contribution is -0.146. The van der Waals surface area contributed by atoms with E-state index in [1.165, 1.54) is 6.92 Å². The van der Waals surface area contributed by atoms with Crippen LogP contribution in [0.15, 0.2) is 18.2 Å². The molecule has 0 bridgehead atoms. The van der Waals surface area contributed by atoms with Crippen LogP contribution in [0.2, 0.25) is 0 Å². The maximum absolute atomic E-state index is 12.1. The molecule has 0 aliphatic carbocycles. The van der Waals surface area contributed by atoms with Crippen LogP contribution < -0.4 is 9.64 Å². The highest BCUT2D eigenvalue weighted by Crippen LogP contribution is 2.35. The minimum absolute atomic E-state index is 0.00690. The van der Waals surface area contributed by atoms with Crippen molar-refractivity contribution in [1.82, 2.24) is 0 Å². The number of carbonyl (C=O) groups excluding carboxylic acids is 2. The lowest BCUT2D eigenvalue weighted by Gasteiger charge is -2.35. The maximum atomic E-state index is 12.1. The van der Waals surface area contributed by atoms with Gasteiger partial charge in [-0.3, -0.25) is 9.59 Å². The molecule has 1 aromatic rings. The van der Waals surface area contributed by atoms with Gasteiger partial charge in [0.2, 0.25) is 0 Å². The largest absolute Gasteiger partial charge is 0.486 e. The smallest absolute Gasteiger partial charge is 0.325 e. The normalized spacial score (nSPS) is 17.9. The first-order valence-corrected chi connectivity index (χ1v) is 8.20. The van der Waals surface area contributed by atoms with Crippen molar-refractivity contribution in [3.8, 4) is 5.75 Å². The van der Waals surface area contributed by atoms with Gasteiger partial charge < -0.3 is 14.4 Å². The fraction of sp³-hybridized carbons (Fsp3) is 0.556. The molecule has 0 saturated carbocycles. The molecule has 0 amide bonds. The Morgan fingerprint density at radius 2 is 2.13 bits per heavy atom. The fourth-order valence-corrected chi connectivity index (χ4v) is 2.51. The van der Waals surface area contributed by atoms with Crippen LogP contribution in [0.1, 0.15) is 50.9 Å². The third-order valence-corrected chi connectivity index (χ3v) is 4.11. The summed E-state index contributed by atoms with van der Waals surface area (Å²) >= 11 is 0. The van der Waals surface area contributed by atoms with Crippen LogP contribution in [-0.2, 0) is 9.53 Å². The summed E-state index contributed by atoms with van der Waals surface area (Å²) in [7, 11) is 0. The summed E-state index contributed by atoms with van der Waals surface area (Å²) in [4.78, 5) is 25.7. The lowest BCUT2D eigenvalue weighted by atomic mass is 10.1. The van der Waals surface area contributed by atoms with Crippen LogP contribution in [-0.4, -0.2) is 37.0 Å². The average Bonchev–Trinajstić information content (AvgIpc) is 2.53. The standard InChI is InChI=1S/C18H25NO4/c1-5-12(3)22-18(21)11-19-10-15(6-2)23-17-8-7-14(13(4)20)9-16(17)19/h7-9,12,15H,5-6,10-11H2,1-4H3. The van der Waals surface area contributed by atoms with Gasteiger partial charge in [-0.15, -0.1) is 0 Å². The monoisotopic (exact) mass is 319 g/mol. The third kappa shape index (κ3) is 4.24. The van der Waals surface area contributed by atoms with Crippen LogP contribution >= 0.6 is 0 Å². The molecule has 2 unspecified atom stereocenters. The van der Waals surface area contributed by atoms with Crippen molar-refractivity contribution < 1.29 is 19.1 Å². The van der Waals surface area contributed by atoms with E-state index in [0.717, 1.165) is 18.5 Å².